The Bertz CT molecular complexity index is 916. The molecule has 1 atom stereocenters. The number of rotatable bonds is 4. The zero-order valence-corrected chi connectivity index (χ0v) is 14.2. The molecule has 1 aromatic carbocycles. The lowest BCUT2D eigenvalue weighted by Crippen LogP contribution is -2.41. The Hall–Kier alpha value is -2.35. The van der Waals surface area contributed by atoms with E-state index in [1.165, 1.54) is 25.3 Å². The molecule has 1 fully saturated rings. The summed E-state index contributed by atoms with van der Waals surface area (Å²) >= 11 is 0. The van der Waals surface area contributed by atoms with Crippen LogP contribution in [0.4, 0.5) is 0 Å². The highest BCUT2D eigenvalue weighted by molar-refractivity contribution is 7.91. The number of aromatic amines is 1. The SMILES string of the molecule is COc1ccc2[nH]cc(C(=O)C(=O)N(C)C3CCS(=O)(=O)C3)c2c1. The predicted molar refractivity (Wildman–Crippen MR) is 89.0 cm³/mol. The van der Waals surface area contributed by atoms with E-state index in [1.54, 1.807) is 18.2 Å². The van der Waals surface area contributed by atoms with Crippen molar-refractivity contribution in [2.75, 3.05) is 25.7 Å². The number of aromatic nitrogens is 1. The van der Waals surface area contributed by atoms with E-state index in [0.29, 0.717) is 17.6 Å². The summed E-state index contributed by atoms with van der Waals surface area (Å²) in [6, 6.07) is 4.76. The van der Waals surface area contributed by atoms with Gasteiger partial charge >= 0.3 is 0 Å². The smallest absolute Gasteiger partial charge is 0.295 e. The summed E-state index contributed by atoms with van der Waals surface area (Å²) < 4.78 is 28.3. The van der Waals surface area contributed by atoms with Gasteiger partial charge in [-0.25, -0.2) is 8.42 Å². The van der Waals surface area contributed by atoms with E-state index in [4.69, 9.17) is 4.74 Å². The maximum Gasteiger partial charge on any atom is 0.295 e. The highest BCUT2D eigenvalue weighted by atomic mass is 32.2. The van der Waals surface area contributed by atoms with E-state index in [0.717, 1.165) is 5.52 Å². The van der Waals surface area contributed by atoms with Crippen LogP contribution in [0.1, 0.15) is 16.8 Å². The summed E-state index contributed by atoms with van der Waals surface area (Å²) in [5.41, 5.74) is 0.972. The first-order chi connectivity index (χ1) is 11.3. The number of carbonyl (C=O) groups is 2. The van der Waals surface area contributed by atoms with E-state index in [9.17, 15) is 18.0 Å². The number of nitrogens with one attached hydrogen (secondary N) is 1. The molecule has 128 valence electrons. The molecule has 1 aliphatic rings. The maximum atomic E-state index is 12.6. The third-order valence-electron chi connectivity index (χ3n) is 4.40. The number of ketones is 1. The van der Waals surface area contributed by atoms with Crippen molar-refractivity contribution < 1.29 is 22.7 Å². The molecule has 24 heavy (non-hydrogen) atoms. The zero-order valence-electron chi connectivity index (χ0n) is 13.4. The lowest BCUT2D eigenvalue weighted by molar-refractivity contribution is -0.126. The first-order valence-electron chi connectivity index (χ1n) is 7.49. The molecule has 1 saturated heterocycles. The summed E-state index contributed by atoms with van der Waals surface area (Å²) in [7, 11) is -0.129. The standard InChI is InChI=1S/C16H18N2O5S/c1-18(10-5-6-24(21,22)9-10)16(20)15(19)13-8-17-14-4-3-11(23-2)7-12(13)14/h3-4,7-8,10,17H,5-6,9H2,1-2H3. The van der Waals surface area contributed by atoms with Crippen LogP contribution in [0.15, 0.2) is 24.4 Å². The fourth-order valence-electron chi connectivity index (χ4n) is 2.94. The molecule has 2 heterocycles. The molecule has 7 nitrogen and oxygen atoms in total. The average Bonchev–Trinajstić information content (AvgIpc) is 3.15. The van der Waals surface area contributed by atoms with Crippen LogP contribution in [0.25, 0.3) is 10.9 Å². The molecule has 0 bridgehead atoms. The second kappa shape index (κ2) is 5.94. The summed E-state index contributed by atoms with van der Waals surface area (Å²) in [5, 5.41) is 0.597. The summed E-state index contributed by atoms with van der Waals surface area (Å²) in [5.74, 6) is -0.834. The third-order valence-corrected chi connectivity index (χ3v) is 6.15. The van der Waals surface area contributed by atoms with Crippen molar-refractivity contribution in [1.29, 1.82) is 0 Å². The second-order valence-corrected chi connectivity index (χ2v) is 8.14. The Labute approximate surface area is 139 Å². The van der Waals surface area contributed by atoms with Gasteiger partial charge in [0.15, 0.2) is 9.84 Å². The predicted octanol–water partition coefficient (Wildman–Crippen LogP) is 1.00. The van der Waals surface area contributed by atoms with Gasteiger partial charge in [0, 0.05) is 30.2 Å². The maximum absolute atomic E-state index is 12.6. The van der Waals surface area contributed by atoms with Crippen molar-refractivity contribution in [2.45, 2.75) is 12.5 Å². The van der Waals surface area contributed by atoms with Crippen LogP contribution >= 0.6 is 0 Å². The summed E-state index contributed by atoms with van der Waals surface area (Å²) in [6.45, 7) is 0. The number of fused-ring (bicyclic) bond motifs is 1. The number of sulfone groups is 1. The Morgan fingerprint density at radius 2 is 2.08 bits per heavy atom. The van der Waals surface area contributed by atoms with Crippen molar-refractivity contribution in [2.24, 2.45) is 0 Å². The van der Waals surface area contributed by atoms with Crippen molar-refractivity contribution in [3.05, 3.63) is 30.0 Å². The van der Waals surface area contributed by atoms with Gasteiger partial charge in [-0.1, -0.05) is 0 Å². The van der Waals surface area contributed by atoms with Crippen molar-refractivity contribution in [3.63, 3.8) is 0 Å². The molecule has 2 aromatic rings. The number of hydrogen-bond donors (Lipinski definition) is 1. The van der Waals surface area contributed by atoms with Crippen molar-refractivity contribution in [1.82, 2.24) is 9.88 Å². The molecule has 3 rings (SSSR count). The molecule has 0 aliphatic carbocycles. The van der Waals surface area contributed by atoms with Gasteiger partial charge in [0.1, 0.15) is 5.75 Å². The highest BCUT2D eigenvalue weighted by Crippen LogP contribution is 2.25. The molecule has 8 heteroatoms. The van der Waals surface area contributed by atoms with Crippen LogP contribution in [-0.2, 0) is 14.6 Å². The number of benzene rings is 1. The van der Waals surface area contributed by atoms with E-state index < -0.39 is 27.6 Å². The van der Waals surface area contributed by atoms with Crippen LogP contribution in [0.3, 0.4) is 0 Å². The van der Waals surface area contributed by atoms with Crippen LogP contribution in [0.5, 0.6) is 5.75 Å². The molecule has 0 radical (unpaired) electrons. The van der Waals surface area contributed by atoms with E-state index >= 15 is 0 Å². The van der Waals surface area contributed by atoms with Crippen molar-refractivity contribution in [3.8, 4) is 5.75 Å². The number of ether oxygens (including phenoxy) is 1. The first-order valence-corrected chi connectivity index (χ1v) is 9.31. The number of hydrogen-bond acceptors (Lipinski definition) is 5. The summed E-state index contributed by atoms with van der Waals surface area (Å²) in [6.07, 6.45) is 1.85. The van der Waals surface area contributed by atoms with Gasteiger partial charge in [0.2, 0.25) is 0 Å². The van der Waals surface area contributed by atoms with Gasteiger partial charge in [0.25, 0.3) is 11.7 Å². The Kier molecular flexibility index (Phi) is 4.08. The van der Waals surface area contributed by atoms with E-state index in [1.807, 2.05) is 0 Å². The Morgan fingerprint density at radius 1 is 1.33 bits per heavy atom. The summed E-state index contributed by atoms with van der Waals surface area (Å²) in [4.78, 5) is 29.2. The molecular formula is C16H18N2O5S. The number of nitrogens with zero attached hydrogens (tertiary/aromatic N) is 1. The van der Waals surface area contributed by atoms with Gasteiger partial charge in [-0.3, -0.25) is 9.59 Å². The quantitative estimate of drug-likeness (QED) is 0.656. The average molecular weight is 350 g/mol. The number of H-pyrrole nitrogens is 1. The monoisotopic (exact) mass is 350 g/mol. The molecule has 0 spiro atoms. The fourth-order valence-corrected chi connectivity index (χ4v) is 4.71. The van der Waals surface area contributed by atoms with Gasteiger partial charge in [-0.05, 0) is 24.6 Å². The van der Waals surface area contributed by atoms with Crippen LogP contribution in [0.2, 0.25) is 0 Å². The van der Waals surface area contributed by atoms with Crippen LogP contribution < -0.4 is 4.74 Å². The van der Waals surface area contributed by atoms with Crippen LogP contribution in [0, 0.1) is 0 Å². The Balaban J connectivity index is 1.87. The lowest BCUT2D eigenvalue weighted by atomic mass is 10.1. The number of Topliss-reactive ketones (excluding diaryl/α,β-unsaturated/α-hetero) is 1. The fraction of sp³-hybridized carbons (Fsp3) is 0.375. The molecule has 1 amide bonds. The third kappa shape index (κ3) is 2.89. The zero-order chi connectivity index (χ0) is 17.5. The number of carbonyl (C=O) groups excluding carboxylic acids is 2. The van der Waals surface area contributed by atoms with Gasteiger partial charge in [-0.2, -0.15) is 0 Å². The van der Waals surface area contributed by atoms with Gasteiger partial charge in [-0.15, -0.1) is 0 Å². The van der Waals surface area contributed by atoms with E-state index in [-0.39, 0.29) is 17.1 Å². The van der Waals surface area contributed by atoms with Gasteiger partial charge < -0.3 is 14.6 Å². The minimum Gasteiger partial charge on any atom is -0.497 e. The lowest BCUT2D eigenvalue weighted by Gasteiger charge is -2.22. The molecule has 0 saturated carbocycles. The molecule has 1 unspecified atom stereocenters. The normalized spacial score (nSPS) is 19.3. The largest absolute Gasteiger partial charge is 0.497 e. The highest BCUT2D eigenvalue weighted by Gasteiger charge is 2.35. The van der Waals surface area contributed by atoms with E-state index in [2.05, 4.69) is 4.98 Å². The Morgan fingerprint density at radius 3 is 2.71 bits per heavy atom. The topological polar surface area (TPSA) is 96.5 Å². The number of amides is 1. The molecule has 1 aliphatic heterocycles. The number of methoxy groups -OCH3 is 1. The molecular weight excluding hydrogens is 332 g/mol. The van der Waals surface area contributed by atoms with Crippen molar-refractivity contribution >= 4 is 32.4 Å². The molecule has 1 N–H and O–H groups in total. The second-order valence-electron chi connectivity index (χ2n) is 5.92. The van der Waals surface area contributed by atoms with Gasteiger partial charge in [0.05, 0.1) is 24.2 Å². The minimum atomic E-state index is -3.13. The first kappa shape index (κ1) is 16.5. The minimum absolute atomic E-state index is 0.0494. The number of likely N-dealkylation sites (N-methyl/N-ethyl adjacent to an activating group) is 1. The molecule has 1 aromatic heterocycles. The van der Waals surface area contributed by atoms with Crippen LogP contribution in [-0.4, -0.2) is 61.7 Å².